The Morgan fingerprint density at radius 2 is 1.89 bits per heavy atom. The van der Waals surface area contributed by atoms with Crippen LogP contribution in [0.2, 0.25) is 0 Å². The summed E-state index contributed by atoms with van der Waals surface area (Å²) in [5, 5.41) is 5.08. The van der Waals surface area contributed by atoms with Gasteiger partial charge in [-0.3, -0.25) is 4.90 Å². The number of likely N-dealkylation sites (tertiary alicyclic amines) is 1. The zero-order valence-electron chi connectivity index (χ0n) is 22.2. The number of pyridine rings is 1. The summed E-state index contributed by atoms with van der Waals surface area (Å²) in [6, 6.07) is 2.33. The number of halogens is 1. The molecule has 8 heteroatoms. The van der Waals surface area contributed by atoms with Crippen molar-refractivity contribution in [2.24, 2.45) is 5.92 Å². The molecule has 1 N–H and O–H groups in total. The molecule has 0 aromatic carbocycles. The fourth-order valence-corrected chi connectivity index (χ4v) is 5.44. The Labute approximate surface area is 233 Å². The largest absolute Gasteiger partial charge is 0.326 e. The van der Waals surface area contributed by atoms with Crippen LogP contribution in [-0.2, 0) is 6.54 Å². The summed E-state index contributed by atoms with van der Waals surface area (Å²) in [5.41, 5.74) is 3.28. The van der Waals surface area contributed by atoms with Gasteiger partial charge in [0.25, 0.3) is 0 Å². The second kappa shape index (κ2) is 12.1. The molecule has 37 heavy (non-hydrogen) atoms. The van der Waals surface area contributed by atoms with Gasteiger partial charge in [0.15, 0.2) is 0 Å². The zero-order valence-corrected chi connectivity index (χ0v) is 24.4. The van der Waals surface area contributed by atoms with E-state index in [2.05, 4.69) is 103 Å². The Balaban J connectivity index is 1.52. The quantitative estimate of drug-likeness (QED) is 0.287. The predicted octanol–water partition coefficient (Wildman–Crippen LogP) is 5.00. The number of piperidine rings is 1. The number of aryl methyl sites for hydroxylation is 1. The van der Waals surface area contributed by atoms with Crippen molar-refractivity contribution in [3.63, 3.8) is 0 Å². The predicted molar refractivity (Wildman–Crippen MR) is 161 cm³/mol. The van der Waals surface area contributed by atoms with Gasteiger partial charge in [0.2, 0.25) is 5.95 Å². The molecular weight excluding hydrogens is 573 g/mol. The molecule has 3 aromatic rings. The van der Waals surface area contributed by atoms with E-state index in [9.17, 15) is 0 Å². The molecule has 3 aromatic heterocycles. The van der Waals surface area contributed by atoms with Crippen molar-refractivity contribution in [2.45, 2.75) is 53.1 Å². The van der Waals surface area contributed by atoms with Gasteiger partial charge in [-0.1, -0.05) is 18.7 Å². The topological polar surface area (TPSA) is 71.8 Å². The van der Waals surface area contributed by atoms with Crippen molar-refractivity contribution in [3.8, 4) is 0 Å². The van der Waals surface area contributed by atoms with Crippen molar-refractivity contribution in [3.05, 3.63) is 74.6 Å². The lowest BCUT2D eigenvalue weighted by Gasteiger charge is -2.30. The van der Waals surface area contributed by atoms with Gasteiger partial charge in [-0.15, -0.1) is 6.58 Å². The molecule has 0 atom stereocenters. The summed E-state index contributed by atoms with van der Waals surface area (Å²) >= 11 is 2.33. The number of anilines is 2. The highest BCUT2D eigenvalue weighted by molar-refractivity contribution is 14.1. The van der Waals surface area contributed by atoms with E-state index in [0.717, 1.165) is 56.4 Å². The van der Waals surface area contributed by atoms with Gasteiger partial charge in [0, 0.05) is 40.3 Å². The van der Waals surface area contributed by atoms with Crippen molar-refractivity contribution in [1.82, 2.24) is 29.4 Å². The Bertz CT molecular complexity index is 1380. The standard InChI is InChI=1S/C29H36IN7/c1-7-22-9-11-36(12-10-22)18-23-15-32-29(33-16-23)35-28-14-25(26(30)17-31-28)24(8-2)13-27-20(5)34-21(6)37(27)19(3)4/h7-8,13-17,19,22H,1,5,9-12,18H2,2-4,6H3,(H,31,32,33,35)/b24-8+,27-13+. The Kier molecular flexibility index (Phi) is 8.91. The van der Waals surface area contributed by atoms with Gasteiger partial charge in [0.05, 0.1) is 10.7 Å². The minimum absolute atomic E-state index is 0.292. The van der Waals surface area contributed by atoms with Crippen LogP contribution >= 0.6 is 22.6 Å². The first kappa shape index (κ1) is 27.2. The van der Waals surface area contributed by atoms with E-state index in [1.165, 1.54) is 12.8 Å². The third kappa shape index (κ3) is 6.54. The fourth-order valence-electron chi connectivity index (χ4n) is 4.84. The molecule has 1 aliphatic rings. The van der Waals surface area contributed by atoms with Crippen LogP contribution in [0.15, 0.2) is 43.4 Å². The van der Waals surface area contributed by atoms with Crippen LogP contribution in [0.1, 0.15) is 56.6 Å². The van der Waals surface area contributed by atoms with Crippen LogP contribution in [0.5, 0.6) is 0 Å². The summed E-state index contributed by atoms with van der Waals surface area (Å²) < 4.78 is 3.28. The highest BCUT2D eigenvalue weighted by atomic mass is 127. The molecule has 0 bridgehead atoms. The summed E-state index contributed by atoms with van der Waals surface area (Å²) in [7, 11) is 0. The van der Waals surface area contributed by atoms with E-state index in [4.69, 9.17) is 0 Å². The molecule has 0 amide bonds. The maximum atomic E-state index is 4.60. The van der Waals surface area contributed by atoms with Crippen molar-refractivity contribution < 1.29 is 0 Å². The number of imidazole rings is 1. The molecule has 0 aliphatic carbocycles. The van der Waals surface area contributed by atoms with Gasteiger partial charge < -0.3 is 9.88 Å². The third-order valence-electron chi connectivity index (χ3n) is 6.80. The molecule has 7 nitrogen and oxygen atoms in total. The average Bonchev–Trinajstić information content (AvgIpc) is 3.17. The van der Waals surface area contributed by atoms with Gasteiger partial charge >= 0.3 is 0 Å². The number of nitrogens with one attached hydrogen (secondary N) is 1. The number of nitrogens with zero attached hydrogens (tertiary/aromatic N) is 6. The lowest BCUT2D eigenvalue weighted by molar-refractivity contribution is 0.195. The molecule has 1 fully saturated rings. The lowest BCUT2D eigenvalue weighted by atomic mass is 9.97. The first-order valence-corrected chi connectivity index (χ1v) is 13.9. The molecule has 1 saturated heterocycles. The van der Waals surface area contributed by atoms with E-state index in [1.54, 1.807) is 0 Å². The molecule has 0 unspecified atom stereocenters. The minimum atomic E-state index is 0.292. The molecular formula is C29H36IN7. The number of hydrogen-bond donors (Lipinski definition) is 1. The van der Waals surface area contributed by atoms with E-state index >= 15 is 0 Å². The number of rotatable bonds is 8. The lowest BCUT2D eigenvalue weighted by Crippen LogP contribution is -2.32. The van der Waals surface area contributed by atoms with Crippen molar-refractivity contribution >= 4 is 52.6 Å². The minimum Gasteiger partial charge on any atom is -0.326 e. The van der Waals surface area contributed by atoms with Crippen LogP contribution in [0.4, 0.5) is 11.8 Å². The summed E-state index contributed by atoms with van der Waals surface area (Å²) in [6.07, 6.45) is 14.4. The highest BCUT2D eigenvalue weighted by Crippen LogP contribution is 2.25. The Morgan fingerprint density at radius 1 is 1.19 bits per heavy atom. The SMILES string of the molecule is C=CC1CCN(Cc2cnc(Nc3cc(C(=C/C)/C=c4\c(=C)nc(C)n4C(C)C)c(I)cn3)nc2)CC1. The van der Waals surface area contributed by atoms with Gasteiger partial charge in [-0.2, -0.15) is 0 Å². The smallest absolute Gasteiger partial charge is 0.228 e. The second-order valence-electron chi connectivity index (χ2n) is 9.78. The summed E-state index contributed by atoms with van der Waals surface area (Å²) in [5.74, 6) is 2.85. The first-order chi connectivity index (χ1) is 17.8. The van der Waals surface area contributed by atoms with E-state index in [1.807, 2.05) is 38.5 Å². The first-order valence-electron chi connectivity index (χ1n) is 12.8. The average molecular weight is 610 g/mol. The highest BCUT2D eigenvalue weighted by Gasteiger charge is 2.17. The number of aromatic nitrogens is 5. The monoisotopic (exact) mass is 609 g/mol. The van der Waals surface area contributed by atoms with Crippen LogP contribution in [-0.4, -0.2) is 42.5 Å². The molecule has 4 heterocycles. The van der Waals surface area contributed by atoms with Gasteiger partial charge in [-0.05, 0) is 105 Å². The maximum absolute atomic E-state index is 4.60. The summed E-state index contributed by atoms with van der Waals surface area (Å²) in [4.78, 5) is 20.7. The number of hydrogen-bond acceptors (Lipinski definition) is 6. The molecule has 1 aliphatic heterocycles. The Hall–Kier alpha value is -2.85. The van der Waals surface area contributed by atoms with Gasteiger partial charge in [-0.25, -0.2) is 19.9 Å². The Morgan fingerprint density at radius 3 is 2.51 bits per heavy atom. The van der Waals surface area contributed by atoms with E-state index in [0.29, 0.717) is 23.7 Å². The number of allylic oxidation sites excluding steroid dienone is 3. The van der Waals surface area contributed by atoms with Crippen molar-refractivity contribution in [2.75, 3.05) is 18.4 Å². The molecule has 194 valence electrons. The van der Waals surface area contributed by atoms with Crippen LogP contribution in [0.3, 0.4) is 0 Å². The van der Waals surface area contributed by atoms with Crippen molar-refractivity contribution in [1.29, 1.82) is 0 Å². The van der Waals surface area contributed by atoms with Crippen LogP contribution in [0, 0.1) is 16.4 Å². The van der Waals surface area contributed by atoms with Gasteiger partial charge in [0.1, 0.15) is 11.6 Å². The maximum Gasteiger partial charge on any atom is 0.228 e. The second-order valence-corrected chi connectivity index (χ2v) is 10.9. The van der Waals surface area contributed by atoms with E-state index < -0.39 is 0 Å². The van der Waals surface area contributed by atoms with Crippen LogP contribution in [0.25, 0.3) is 18.2 Å². The molecule has 4 rings (SSSR count). The third-order valence-corrected chi connectivity index (χ3v) is 7.66. The normalized spacial score (nSPS) is 15.9. The zero-order chi connectivity index (χ0) is 26.5. The molecule has 0 radical (unpaired) electrons. The summed E-state index contributed by atoms with van der Waals surface area (Å²) in [6.45, 7) is 19.5. The van der Waals surface area contributed by atoms with E-state index in [-0.39, 0.29) is 0 Å². The fraction of sp³-hybridized carbons (Fsp3) is 0.379. The molecule has 0 saturated carbocycles. The molecule has 0 spiro atoms. The van der Waals surface area contributed by atoms with Crippen LogP contribution < -0.4 is 16.0 Å².